The first-order valence-electron chi connectivity index (χ1n) is 6.25. The highest BCUT2D eigenvalue weighted by Gasteiger charge is 2.11. The maximum atomic E-state index is 12.2. The molecule has 8 heteroatoms. The van der Waals surface area contributed by atoms with Crippen LogP contribution in [-0.2, 0) is 4.79 Å². The van der Waals surface area contributed by atoms with Gasteiger partial charge in [0.05, 0.1) is 7.11 Å². The maximum absolute atomic E-state index is 12.2. The van der Waals surface area contributed by atoms with Crippen molar-refractivity contribution in [2.75, 3.05) is 19.0 Å². The Labute approximate surface area is 125 Å². The molecule has 0 radical (unpaired) electrons. The number of benzene rings is 1. The Morgan fingerprint density at radius 1 is 1.27 bits per heavy atom. The summed E-state index contributed by atoms with van der Waals surface area (Å²) in [7, 11) is 1.51. The van der Waals surface area contributed by atoms with Crippen LogP contribution < -0.4 is 15.7 Å². The Hall–Kier alpha value is -3.16. The van der Waals surface area contributed by atoms with E-state index in [0.29, 0.717) is 11.3 Å². The molecule has 0 aliphatic heterocycles. The summed E-state index contributed by atoms with van der Waals surface area (Å²) < 4.78 is 5.83. The van der Waals surface area contributed by atoms with Crippen LogP contribution in [0, 0.1) is 0 Å². The molecule has 0 amide bonds. The van der Waals surface area contributed by atoms with Crippen LogP contribution >= 0.6 is 0 Å². The number of nitrogens with one attached hydrogen (secondary N) is 1. The predicted octanol–water partition coefficient (Wildman–Crippen LogP) is 0.437. The summed E-state index contributed by atoms with van der Waals surface area (Å²) in [5.74, 6) is -0.938. The highest BCUT2D eigenvalue weighted by Crippen LogP contribution is 2.12. The zero-order chi connectivity index (χ0) is 16.1. The molecule has 0 aliphatic rings. The lowest BCUT2D eigenvalue weighted by molar-refractivity contribution is -0.134. The van der Waals surface area contributed by atoms with Gasteiger partial charge >= 0.3 is 11.7 Å². The van der Waals surface area contributed by atoms with Crippen LogP contribution in [0.1, 0.15) is 10.4 Å². The minimum absolute atomic E-state index is 0.0891. The van der Waals surface area contributed by atoms with Crippen LogP contribution in [0.5, 0.6) is 5.75 Å². The molecule has 114 valence electrons. The monoisotopic (exact) mass is 303 g/mol. The first-order valence-corrected chi connectivity index (χ1v) is 6.25. The van der Waals surface area contributed by atoms with Gasteiger partial charge in [-0.3, -0.25) is 9.59 Å². The van der Waals surface area contributed by atoms with Crippen molar-refractivity contribution in [1.82, 2.24) is 9.55 Å². The van der Waals surface area contributed by atoms with E-state index in [1.165, 1.54) is 31.5 Å². The van der Waals surface area contributed by atoms with Crippen molar-refractivity contribution in [2.45, 2.75) is 0 Å². The summed E-state index contributed by atoms with van der Waals surface area (Å²) in [5, 5.41) is 11.0. The van der Waals surface area contributed by atoms with Crippen molar-refractivity contribution in [3.05, 3.63) is 52.6 Å². The SMILES string of the molecule is COc1ccc(C(=O)n2ccc(NCC(=O)O)nc2=O)cc1. The number of carbonyl (C=O) groups excluding carboxylic acids is 1. The number of hydrogen-bond acceptors (Lipinski definition) is 6. The third kappa shape index (κ3) is 3.48. The fraction of sp³-hybridized carbons (Fsp3) is 0.143. The Morgan fingerprint density at radius 2 is 1.95 bits per heavy atom. The second kappa shape index (κ2) is 6.53. The van der Waals surface area contributed by atoms with Gasteiger partial charge in [-0.05, 0) is 30.3 Å². The van der Waals surface area contributed by atoms with E-state index < -0.39 is 17.6 Å². The Morgan fingerprint density at radius 3 is 2.50 bits per heavy atom. The number of ether oxygens (including phenoxy) is 1. The number of nitrogens with zero attached hydrogens (tertiary/aromatic N) is 2. The molecule has 2 aromatic rings. The Kier molecular flexibility index (Phi) is 4.52. The Balaban J connectivity index is 2.22. The van der Waals surface area contributed by atoms with Gasteiger partial charge in [-0.25, -0.2) is 9.36 Å². The molecule has 22 heavy (non-hydrogen) atoms. The standard InChI is InChI=1S/C14H13N3O5/c1-22-10-4-2-9(3-5-10)13(20)17-7-6-11(16-14(17)21)15-8-12(18)19/h2-7H,8H2,1H3,(H,18,19)(H,15,16,21). The molecule has 0 unspecified atom stereocenters. The van der Waals surface area contributed by atoms with Gasteiger partial charge in [-0.1, -0.05) is 0 Å². The number of aliphatic carboxylic acids is 1. The van der Waals surface area contributed by atoms with Crippen molar-refractivity contribution >= 4 is 17.7 Å². The van der Waals surface area contributed by atoms with E-state index in [1.807, 2.05) is 0 Å². The third-order valence-corrected chi connectivity index (χ3v) is 2.78. The van der Waals surface area contributed by atoms with E-state index in [1.54, 1.807) is 12.1 Å². The van der Waals surface area contributed by atoms with E-state index in [-0.39, 0.29) is 12.4 Å². The molecule has 8 nitrogen and oxygen atoms in total. The summed E-state index contributed by atoms with van der Waals surface area (Å²) >= 11 is 0. The van der Waals surface area contributed by atoms with E-state index in [4.69, 9.17) is 9.84 Å². The molecular weight excluding hydrogens is 290 g/mol. The summed E-state index contributed by atoms with van der Waals surface area (Å²) in [6, 6.07) is 7.63. The molecule has 2 rings (SSSR count). The molecule has 1 aromatic heterocycles. The molecule has 0 saturated carbocycles. The van der Waals surface area contributed by atoms with Gasteiger partial charge in [-0.2, -0.15) is 4.98 Å². The lowest BCUT2D eigenvalue weighted by atomic mass is 10.2. The van der Waals surface area contributed by atoms with Gasteiger partial charge in [0.15, 0.2) is 0 Å². The quantitative estimate of drug-likeness (QED) is 0.824. The van der Waals surface area contributed by atoms with E-state index >= 15 is 0 Å². The Bertz CT molecular complexity index is 752. The average Bonchev–Trinajstić information content (AvgIpc) is 2.52. The van der Waals surface area contributed by atoms with Crippen molar-refractivity contribution in [2.24, 2.45) is 0 Å². The number of carboxylic acid groups (broad SMARTS) is 1. The van der Waals surface area contributed by atoms with Crippen LogP contribution in [0.3, 0.4) is 0 Å². The van der Waals surface area contributed by atoms with Crippen molar-refractivity contribution in [1.29, 1.82) is 0 Å². The van der Waals surface area contributed by atoms with Crippen LogP contribution in [-0.4, -0.2) is 40.2 Å². The number of rotatable bonds is 5. The third-order valence-electron chi connectivity index (χ3n) is 2.78. The first kappa shape index (κ1) is 15.2. The minimum atomic E-state index is -1.08. The number of carboxylic acids is 1. The van der Waals surface area contributed by atoms with Gasteiger partial charge in [0, 0.05) is 11.8 Å². The molecule has 0 atom stereocenters. The largest absolute Gasteiger partial charge is 0.497 e. The van der Waals surface area contributed by atoms with Crippen molar-refractivity contribution < 1.29 is 19.4 Å². The van der Waals surface area contributed by atoms with Gasteiger partial charge < -0.3 is 15.2 Å². The van der Waals surface area contributed by atoms with Gasteiger partial charge in [0.2, 0.25) is 0 Å². The van der Waals surface area contributed by atoms with Crippen LogP contribution in [0.4, 0.5) is 5.82 Å². The highest BCUT2D eigenvalue weighted by molar-refractivity contribution is 5.95. The van der Waals surface area contributed by atoms with Crippen LogP contribution in [0.15, 0.2) is 41.3 Å². The average molecular weight is 303 g/mol. The van der Waals surface area contributed by atoms with Gasteiger partial charge in [0.1, 0.15) is 18.1 Å². The summed E-state index contributed by atoms with van der Waals surface area (Å²) in [6.45, 7) is -0.372. The molecule has 0 bridgehead atoms. The number of hydrogen-bond donors (Lipinski definition) is 2. The van der Waals surface area contributed by atoms with E-state index in [2.05, 4.69) is 10.3 Å². The zero-order valence-corrected chi connectivity index (χ0v) is 11.6. The second-order valence-electron chi connectivity index (χ2n) is 4.25. The smallest absolute Gasteiger partial charge is 0.356 e. The normalized spacial score (nSPS) is 10.0. The molecule has 0 fully saturated rings. The summed E-state index contributed by atoms with van der Waals surface area (Å²) in [6.07, 6.45) is 1.24. The summed E-state index contributed by atoms with van der Waals surface area (Å²) in [4.78, 5) is 38.1. The van der Waals surface area contributed by atoms with Crippen LogP contribution in [0.2, 0.25) is 0 Å². The molecule has 0 spiro atoms. The first-order chi connectivity index (χ1) is 10.5. The summed E-state index contributed by atoms with van der Waals surface area (Å²) in [5.41, 5.74) is -0.493. The molecule has 0 saturated heterocycles. The maximum Gasteiger partial charge on any atom is 0.356 e. The fourth-order valence-corrected chi connectivity index (χ4v) is 1.69. The van der Waals surface area contributed by atoms with Crippen molar-refractivity contribution in [3.63, 3.8) is 0 Å². The number of carbonyl (C=O) groups is 2. The number of methoxy groups -OCH3 is 1. The fourth-order valence-electron chi connectivity index (χ4n) is 1.69. The molecule has 1 heterocycles. The molecule has 1 aromatic carbocycles. The highest BCUT2D eigenvalue weighted by atomic mass is 16.5. The number of anilines is 1. The van der Waals surface area contributed by atoms with Crippen molar-refractivity contribution in [3.8, 4) is 5.75 Å². The molecular formula is C14H13N3O5. The van der Waals surface area contributed by atoms with E-state index in [9.17, 15) is 14.4 Å². The lowest BCUT2D eigenvalue weighted by Gasteiger charge is -2.06. The van der Waals surface area contributed by atoms with Crippen LogP contribution in [0.25, 0.3) is 0 Å². The lowest BCUT2D eigenvalue weighted by Crippen LogP contribution is -2.29. The molecule has 0 aliphatic carbocycles. The van der Waals surface area contributed by atoms with Gasteiger partial charge in [-0.15, -0.1) is 0 Å². The predicted molar refractivity (Wildman–Crippen MR) is 77.3 cm³/mol. The second-order valence-corrected chi connectivity index (χ2v) is 4.25. The minimum Gasteiger partial charge on any atom is -0.497 e. The molecule has 2 N–H and O–H groups in total. The van der Waals surface area contributed by atoms with E-state index in [0.717, 1.165) is 4.57 Å². The zero-order valence-electron chi connectivity index (χ0n) is 11.6. The van der Waals surface area contributed by atoms with Gasteiger partial charge in [0.25, 0.3) is 5.91 Å². The topological polar surface area (TPSA) is 111 Å². The number of aromatic nitrogens is 2.